The summed E-state index contributed by atoms with van der Waals surface area (Å²) in [7, 11) is 1.27. The molecule has 0 aliphatic rings. The van der Waals surface area contributed by atoms with Gasteiger partial charge in [0.25, 0.3) is 5.91 Å². The molecular weight excluding hydrogens is 380 g/mol. The largest absolute Gasteiger partial charge is 0.468 e. The Morgan fingerprint density at radius 2 is 2.00 bits per heavy atom. The number of nitrogens with one attached hydrogen (secondary N) is 2. The van der Waals surface area contributed by atoms with E-state index in [1.54, 1.807) is 6.20 Å². The Labute approximate surface area is 126 Å². The molecule has 0 atom stereocenters. The van der Waals surface area contributed by atoms with E-state index in [1.165, 1.54) is 7.11 Å². The third-order valence-corrected chi connectivity index (χ3v) is 4.43. The highest BCUT2D eigenvalue weighted by Crippen LogP contribution is 2.29. The number of rotatable bonds is 3. The molecule has 1 aromatic heterocycles. The van der Waals surface area contributed by atoms with Gasteiger partial charge < -0.3 is 15.0 Å². The van der Waals surface area contributed by atoms with Crippen LogP contribution in [-0.4, -0.2) is 30.5 Å². The zero-order valence-electron chi connectivity index (χ0n) is 9.92. The van der Waals surface area contributed by atoms with Crippen LogP contribution in [0.4, 0.5) is 0 Å². The molecule has 2 N–H and O–H groups in total. The minimum absolute atomic E-state index is 0.153. The van der Waals surface area contributed by atoms with Crippen LogP contribution in [0.5, 0.6) is 0 Å². The van der Waals surface area contributed by atoms with Crippen molar-refractivity contribution in [3.05, 3.63) is 32.8 Å². The summed E-state index contributed by atoms with van der Waals surface area (Å²) < 4.78 is 6.21. The standard InChI is InChI=1S/C12H10Br2N2O3/c1-19-11(17)5-16-12(18)7-4-15-10-3-9(14)8(13)2-6(7)10/h2-4,15H,5H2,1H3,(H,16,18). The molecule has 0 spiro atoms. The molecule has 100 valence electrons. The molecule has 19 heavy (non-hydrogen) atoms. The summed E-state index contributed by atoms with van der Waals surface area (Å²) >= 11 is 6.78. The van der Waals surface area contributed by atoms with E-state index in [2.05, 4.69) is 46.9 Å². The summed E-state index contributed by atoms with van der Waals surface area (Å²) in [5.41, 5.74) is 1.31. The van der Waals surface area contributed by atoms with Gasteiger partial charge >= 0.3 is 5.97 Å². The maximum Gasteiger partial charge on any atom is 0.325 e. The Balaban J connectivity index is 2.27. The molecule has 0 aliphatic carbocycles. The lowest BCUT2D eigenvalue weighted by Gasteiger charge is -2.03. The van der Waals surface area contributed by atoms with Crippen LogP contribution in [0.2, 0.25) is 0 Å². The van der Waals surface area contributed by atoms with E-state index in [-0.39, 0.29) is 12.5 Å². The molecule has 1 aromatic carbocycles. The number of hydrogen-bond acceptors (Lipinski definition) is 3. The van der Waals surface area contributed by atoms with Gasteiger partial charge in [-0.05, 0) is 44.0 Å². The summed E-state index contributed by atoms with van der Waals surface area (Å²) in [5.74, 6) is -0.817. The number of aromatic amines is 1. The van der Waals surface area contributed by atoms with Gasteiger partial charge in [-0.2, -0.15) is 0 Å². The van der Waals surface area contributed by atoms with Crippen molar-refractivity contribution < 1.29 is 14.3 Å². The van der Waals surface area contributed by atoms with Crippen LogP contribution in [0, 0.1) is 0 Å². The average molecular weight is 390 g/mol. The fraction of sp³-hybridized carbons (Fsp3) is 0.167. The maximum atomic E-state index is 12.0. The molecule has 0 fully saturated rings. The van der Waals surface area contributed by atoms with Crippen LogP contribution in [0.1, 0.15) is 10.4 Å². The first-order valence-electron chi connectivity index (χ1n) is 5.34. The first-order valence-corrected chi connectivity index (χ1v) is 6.92. The van der Waals surface area contributed by atoms with E-state index in [1.807, 2.05) is 12.1 Å². The maximum absolute atomic E-state index is 12.0. The van der Waals surface area contributed by atoms with E-state index < -0.39 is 5.97 Å². The van der Waals surface area contributed by atoms with Gasteiger partial charge in [0.15, 0.2) is 0 Å². The quantitative estimate of drug-likeness (QED) is 0.792. The molecule has 1 heterocycles. The van der Waals surface area contributed by atoms with Crippen molar-refractivity contribution in [3.63, 3.8) is 0 Å². The second kappa shape index (κ2) is 5.75. The molecule has 7 heteroatoms. The Morgan fingerprint density at radius 3 is 2.68 bits per heavy atom. The SMILES string of the molecule is COC(=O)CNC(=O)c1c[nH]c2cc(Br)c(Br)cc12. The zero-order valence-corrected chi connectivity index (χ0v) is 13.1. The van der Waals surface area contributed by atoms with Crippen molar-refractivity contribution in [2.45, 2.75) is 0 Å². The molecule has 5 nitrogen and oxygen atoms in total. The molecule has 0 unspecified atom stereocenters. The number of amides is 1. The Hall–Kier alpha value is -1.34. The Morgan fingerprint density at radius 1 is 1.32 bits per heavy atom. The third-order valence-electron chi connectivity index (χ3n) is 2.59. The number of fused-ring (bicyclic) bond motifs is 1. The summed E-state index contributed by atoms with van der Waals surface area (Å²) in [5, 5.41) is 3.28. The van der Waals surface area contributed by atoms with Gasteiger partial charge in [-0.15, -0.1) is 0 Å². The Kier molecular flexibility index (Phi) is 4.26. The van der Waals surface area contributed by atoms with Gasteiger partial charge in [0.2, 0.25) is 0 Å². The highest BCUT2D eigenvalue weighted by atomic mass is 79.9. The van der Waals surface area contributed by atoms with Crippen LogP contribution in [0.3, 0.4) is 0 Å². The second-order valence-electron chi connectivity index (χ2n) is 3.77. The van der Waals surface area contributed by atoms with Gasteiger partial charge in [-0.25, -0.2) is 0 Å². The molecule has 2 aromatic rings. The van der Waals surface area contributed by atoms with Crippen LogP contribution in [0.15, 0.2) is 27.3 Å². The van der Waals surface area contributed by atoms with Crippen molar-refractivity contribution in [1.29, 1.82) is 0 Å². The molecule has 0 saturated heterocycles. The van der Waals surface area contributed by atoms with Crippen molar-refractivity contribution in [2.75, 3.05) is 13.7 Å². The van der Waals surface area contributed by atoms with E-state index in [9.17, 15) is 9.59 Å². The van der Waals surface area contributed by atoms with Crippen LogP contribution < -0.4 is 5.32 Å². The number of ether oxygens (including phenoxy) is 1. The second-order valence-corrected chi connectivity index (χ2v) is 5.48. The van der Waals surface area contributed by atoms with E-state index in [4.69, 9.17) is 0 Å². The minimum Gasteiger partial charge on any atom is -0.468 e. The van der Waals surface area contributed by atoms with Crippen molar-refractivity contribution in [3.8, 4) is 0 Å². The fourth-order valence-corrected chi connectivity index (χ4v) is 2.31. The number of hydrogen-bond donors (Lipinski definition) is 2. The Bertz CT molecular complexity index is 652. The van der Waals surface area contributed by atoms with Crippen molar-refractivity contribution >= 4 is 54.6 Å². The van der Waals surface area contributed by atoms with E-state index in [0.29, 0.717) is 5.56 Å². The predicted octanol–water partition coefficient (Wildman–Crippen LogP) is 2.60. The zero-order chi connectivity index (χ0) is 14.0. The number of methoxy groups -OCH3 is 1. The number of H-pyrrole nitrogens is 1. The van der Waals surface area contributed by atoms with E-state index >= 15 is 0 Å². The average Bonchev–Trinajstić information content (AvgIpc) is 2.79. The summed E-state index contributed by atoms with van der Waals surface area (Å²) in [6.45, 7) is -0.153. The highest BCUT2D eigenvalue weighted by Gasteiger charge is 2.14. The predicted molar refractivity (Wildman–Crippen MR) is 78.0 cm³/mol. The monoisotopic (exact) mass is 388 g/mol. The summed E-state index contributed by atoms with van der Waals surface area (Å²) in [4.78, 5) is 26.0. The minimum atomic E-state index is -0.489. The number of benzene rings is 1. The van der Waals surface area contributed by atoms with Crippen LogP contribution in [0.25, 0.3) is 10.9 Å². The molecule has 0 radical (unpaired) electrons. The lowest BCUT2D eigenvalue weighted by Crippen LogP contribution is -2.29. The summed E-state index contributed by atoms with van der Waals surface area (Å²) in [6.07, 6.45) is 1.61. The number of esters is 1. The topological polar surface area (TPSA) is 71.2 Å². The number of carbonyl (C=O) groups excluding carboxylic acids is 2. The molecule has 0 bridgehead atoms. The summed E-state index contributed by atoms with van der Waals surface area (Å²) in [6, 6.07) is 3.71. The first kappa shape index (κ1) is 14.1. The molecular formula is C12H10Br2N2O3. The first-order chi connectivity index (χ1) is 9.02. The molecule has 0 aliphatic heterocycles. The molecule has 0 saturated carbocycles. The third kappa shape index (κ3) is 2.98. The van der Waals surface area contributed by atoms with E-state index in [0.717, 1.165) is 19.8 Å². The van der Waals surface area contributed by atoms with Gasteiger partial charge in [0.05, 0.1) is 12.7 Å². The van der Waals surface area contributed by atoms with Gasteiger partial charge in [0, 0.05) is 26.0 Å². The van der Waals surface area contributed by atoms with Crippen molar-refractivity contribution in [1.82, 2.24) is 10.3 Å². The number of halogens is 2. The fourth-order valence-electron chi connectivity index (χ4n) is 1.62. The highest BCUT2D eigenvalue weighted by molar-refractivity contribution is 9.13. The molecule has 1 amide bonds. The van der Waals surface area contributed by atoms with Gasteiger partial charge in [-0.3, -0.25) is 9.59 Å². The van der Waals surface area contributed by atoms with Crippen LogP contribution >= 0.6 is 31.9 Å². The van der Waals surface area contributed by atoms with Gasteiger partial charge in [-0.1, -0.05) is 0 Å². The smallest absolute Gasteiger partial charge is 0.325 e. The lowest BCUT2D eigenvalue weighted by atomic mass is 10.1. The van der Waals surface area contributed by atoms with Gasteiger partial charge in [0.1, 0.15) is 6.54 Å². The number of aromatic nitrogens is 1. The lowest BCUT2D eigenvalue weighted by molar-refractivity contribution is -0.139. The number of carbonyl (C=O) groups is 2. The normalized spacial score (nSPS) is 10.5. The van der Waals surface area contributed by atoms with Crippen LogP contribution in [-0.2, 0) is 9.53 Å². The van der Waals surface area contributed by atoms with Crippen molar-refractivity contribution in [2.24, 2.45) is 0 Å². The molecule has 2 rings (SSSR count).